The van der Waals surface area contributed by atoms with Gasteiger partial charge in [-0.05, 0) is 48.6 Å². The number of nitrogens with zero attached hydrogens (tertiary/aromatic N) is 2. The van der Waals surface area contributed by atoms with Gasteiger partial charge in [0, 0.05) is 31.5 Å². The lowest BCUT2D eigenvalue weighted by molar-refractivity contribution is 0.0710. The molecule has 0 radical (unpaired) electrons. The van der Waals surface area contributed by atoms with E-state index in [4.69, 9.17) is 0 Å². The number of aromatic nitrogens is 1. The van der Waals surface area contributed by atoms with E-state index in [1.54, 1.807) is 17.3 Å². The van der Waals surface area contributed by atoms with Crippen LogP contribution in [0.2, 0.25) is 0 Å². The number of rotatable bonds is 2. The maximum Gasteiger partial charge on any atom is 0.257 e. The van der Waals surface area contributed by atoms with E-state index in [-0.39, 0.29) is 17.2 Å². The van der Waals surface area contributed by atoms with Gasteiger partial charge < -0.3 is 10.0 Å². The summed E-state index contributed by atoms with van der Waals surface area (Å²) < 4.78 is 13.0. The van der Waals surface area contributed by atoms with Crippen molar-refractivity contribution in [1.82, 2.24) is 9.88 Å². The number of likely N-dealkylation sites (tertiary alicyclic amines) is 1. The van der Waals surface area contributed by atoms with E-state index in [1.165, 1.54) is 17.7 Å². The van der Waals surface area contributed by atoms with Gasteiger partial charge in [-0.2, -0.15) is 0 Å². The standard InChI is InChI=1S/C17H17FN2O2/c18-14-1-2-15(16(21)11-14)17(22)20-9-5-13(6-10-20)12-3-7-19-8-4-12/h1-4,7-8,11,13,21H,5-6,9-10H2. The summed E-state index contributed by atoms with van der Waals surface area (Å²) in [6.07, 6.45) is 5.31. The Morgan fingerprint density at radius 1 is 1.18 bits per heavy atom. The van der Waals surface area contributed by atoms with Crippen LogP contribution in [-0.4, -0.2) is 34.0 Å². The first-order valence-electron chi connectivity index (χ1n) is 7.33. The number of pyridine rings is 1. The highest BCUT2D eigenvalue weighted by atomic mass is 19.1. The Kier molecular flexibility index (Phi) is 4.04. The minimum absolute atomic E-state index is 0.156. The molecule has 0 bridgehead atoms. The zero-order valence-electron chi connectivity index (χ0n) is 12.1. The topological polar surface area (TPSA) is 53.4 Å². The lowest BCUT2D eigenvalue weighted by Crippen LogP contribution is -2.37. The van der Waals surface area contributed by atoms with Crippen molar-refractivity contribution in [3.63, 3.8) is 0 Å². The van der Waals surface area contributed by atoms with Crippen LogP contribution in [0.25, 0.3) is 0 Å². The van der Waals surface area contributed by atoms with Gasteiger partial charge in [-0.15, -0.1) is 0 Å². The van der Waals surface area contributed by atoms with E-state index in [0.29, 0.717) is 19.0 Å². The molecule has 114 valence electrons. The van der Waals surface area contributed by atoms with Crippen molar-refractivity contribution in [3.8, 4) is 5.75 Å². The number of phenols is 1. The van der Waals surface area contributed by atoms with E-state index >= 15 is 0 Å². The number of carbonyl (C=O) groups is 1. The maximum atomic E-state index is 13.0. The van der Waals surface area contributed by atoms with Gasteiger partial charge in [0.05, 0.1) is 5.56 Å². The van der Waals surface area contributed by atoms with E-state index < -0.39 is 5.82 Å². The number of hydrogen-bond donors (Lipinski definition) is 1. The van der Waals surface area contributed by atoms with Crippen molar-refractivity contribution >= 4 is 5.91 Å². The Balaban J connectivity index is 1.67. The zero-order chi connectivity index (χ0) is 15.5. The Labute approximate surface area is 128 Å². The second-order valence-electron chi connectivity index (χ2n) is 5.51. The number of amides is 1. The van der Waals surface area contributed by atoms with Crippen molar-refractivity contribution in [3.05, 3.63) is 59.7 Å². The van der Waals surface area contributed by atoms with Crippen LogP contribution >= 0.6 is 0 Å². The Morgan fingerprint density at radius 3 is 2.50 bits per heavy atom. The highest BCUT2D eigenvalue weighted by molar-refractivity contribution is 5.96. The molecule has 0 aliphatic carbocycles. The molecular formula is C17H17FN2O2. The van der Waals surface area contributed by atoms with Gasteiger partial charge in [-0.1, -0.05) is 0 Å². The third kappa shape index (κ3) is 2.93. The second kappa shape index (κ2) is 6.13. The molecule has 2 heterocycles. The summed E-state index contributed by atoms with van der Waals surface area (Å²) in [5.41, 5.74) is 1.40. The molecule has 1 aromatic carbocycles. The lowest BCUT2D eigenvalue weighted by atomic mass is 9.90. The summed E-state index contributed by atoms with van der Waals surface area (Å²) in [6.45, 7) is 1.26. The van der Waals surface area contributed by atoms with Gasteiger partial charge in [0.2, 0.25) is 0 Å². The van der Waals surface area contributed by atoms with Crippen molar-refractivity contribution in [2.24, 2.45) is 0 Å². The molecule has 0 atom stereocenters. The largest absolute Gasteiger partial charge is 0.507 e. The summed E-state index contributed by atoms with van der Waals surface area (Å²) in [5, 5.41) is 9.73. The van der Waals surface area contributed by atoms with Gasteiger partial charge in [-0.3, -0.25) is 9.78 Å². The van der Waals surface area contributed by atoms with Gasteiger partial charge in [0.15, 0.2) is 0 Å². The molecule has 1 N–H and O–H groups in total. The Bertz CT molecular complexity index is 668. The molecule has 22 heavy (non-hydrogen) atoms. The van der Waals surface area contributed by atoms with Gasteiger partial charge in [-0.25, -0.2) is 4.39 Å². The van der Waals surface area contributed by atoms with Crippen LogP contribution in [0.3, 0.4) is 0 Å². The molecular weight excluding hydrogens is 283 g/mol. The highest BCUT2D eigenvalue weighted by Crippen LogP contribution is 2.29. The van der Waals surface area contributed by atoms with Crippen LogP contribution in [0.15, 0.2) is 42.7 Å². The van der Waals surface area contributed by atoms with Gasteiger partial charge in [0.25, 0.3) is 5.91 Å². The van der Waals surface area contributed by atoms with Crippen molar-refractivity contribution < 1.29 is 14.3 Å². The van der Waals surface area contributed by atoms with E-state index in [2.05, 4.69) is 4.98 Å². The first-order chi connectivity index (χ1) is 10.6. The molecule has 1 aliphatic rings. The summed E-state index contributed by atoms with van der Waals surface area (Å²) in [6, 6.07) is 7.51. The predicted molar refractivity (Wildman–Crippen MR) is 80.2 cm³/mol. The molecule has 0 spiro atoms. The molecule has 0 saturated carbocycles. The normalized spacial score (nSPS) is 15.8. The van der Waals surface area contributed by atoms with Crippen molar-refractivity contribution in [2.45, 2.75) is 18.8 Å². The van der Waals surface area contributed by atoms with E-state index in [0.717, 1.165) is 18.9 Å². The quantitative estimate of drug-likeness (QED) is 0.927. The number of halogens is 1. The molecule has 4 nitrogen and oxygen atoms in total. The second-order valence-corrected chi connectivity index (χ2v) is 5.51. The molecule has 1 saturated heterocycles. The minimum atomic E-state index is -0.551. The van der Waals surface area contributed by atoms with Crippen LogP contribution in [0.4, 0.5) is 4.39 Å². The monoisotopic (exact) mass is 300 g/mol. The third-order valence-electron chi connectivity index (χ3n) is 4.15. The maximum absolute atomic E-state index is 13.0. The fraction of sp³-hybridized carbons (Fsp3) is 0.294. The average molecular weight is 300 g/mol. The molecule has 1 aliphatic heterocycles. The predicted octanol–water partition coefficient (Wildman–Crippen LogP) is 2.95. The summed E-state index contributed by atoms with van der Waals surface area (Å²) >= 11 is 0. The average Bonchev–Trinajstić information content (AvgIpc) is 2.55. The van der Waals surface area contributed by atoms with Crippen LogP contribution in [0.5, 0.6) is 5.75 Å². The third-order valence-corrected chi connectivity index (χ3v) is 4.15. The SMILES string of the molecule is O=C(c1ccc(F)cc1O)N1CCC(c2ccncc2)CC1. The number of hydrogen-bond acceptors (Lipinski definition) is 3. The van der Waals surface area contributed by atoms with Gasteiger partial charge in [0.1, 0.15) is 11.6 Å². The smallest absolute Gasteiger partial charge is 0.257 e. The summed E-state index contributed by atoms with van der Waals surface area (Å²) in [7, 11) is 0. The first-order valence-corrected chi connectivity index (χ1v) is 7.33. The highest BCUT2D eigenvalue weighted by Gasteiger charge is 2.25. The number of aromatic hydroxyl groups is 1. The Morgan fingerprint density at radius 2 is 1.86 bits per heavy atom. The molecule has 2 aromatic rings. The molecule has 3 rings (SSSR count). The lowest BCUT2D eigenvalue weighted by Gasteiger charge is -2.32. The number of piperidine rings is 1. The number of benzene rings is 1. The summed E-state index contributed by atoms with van der Waals surface area (Å²) in [4.78, 5) is 18.1. The fourth-order valence-electron chi connectivity index (χ4n) is 2.91. The molecule has 1 amide bonds. The van der Waals surface area contributed by atoms with Crippen LogP contribution in [0, 0.1) is 5.82 Å². The molecule has 1 aromatic heterocycles. The molecule has 5 heteroatoms. The Hall–Kier alpha value is -2.43. The van der Waals surface area contributed by atoms with E-state index in [1.807, 2.05) is 12.1 Å². The van der Waals surface area contributed by atoms with Crippen molar-refractivity contribution in [2.75, 3.05) is 13.1 Å². The number of phenolic OH excluding ortho intramolecular Hbond substituents is 1. The fourth-order valence-corrected chi connectivity index (χ4v) is 2.91. The first kappa shape index (κ1) is 14.5. The minimum Gasteiger partial charge on any atom is -0.507 e. The summed E-state index contributed by atoms with van der Waals surface area (Å²) in [5.74, 6) is -0.675. The number of carbonyl (C=O) groups excluding carboxylic acids is 1. The van der Waals surface area contributed by atoms with E-state index in [9.17, 15) is 14.3 Å². The van der Waals surface area contributed by atoms with Crippen LogP contribution < -0.4 is 0 Å². The van der Waals surface area contributed by atoms with Crippen LogP contribution in [0.1, 0.15) is 34.7 Å². The molecule has 0 unspecified atom stereocenters. The van der Waals surface area contributed by atoms with Crippen LogP contribution in [-0.2, 0) is 0 Å². The van der Waals surface area contributed by atoms with Gasteiger partial charge >= 0.3 is 0 Å². The molecule has 1 fully saturated rings. The zero-order valence-corrected chi connectivity index (χ0v) is 12.1. The van der Waals surface area contributed by atoms with Crippen molar-refractivity contribution in [1.29, 1.82) is 0 Å².